The first-order chi connectivity index (χ1) is 14.5. The number of rotatable bonds is 7. The van der Waals surface area contributed by atoms with Crippen molar-refractivity contribution in [1.82, 2.24) is 24.5 Å². The monoisotopic (exact) mass is 407 g/mol. The molecule has 154 valence electrons. The van der Waals surface area contributed by atoms with Crippen molar-refractivity contribution in [2.75, 3.05) is 0 Å². The van der Waals surface area contributed by atoms with Crippen molar-refractivity contribution in [3.8, 4) is 17.2 Å². The summed E-state index contributed by atoms with van der Waals surface area (Å²) in [6.45, 7) is 5.01. The molecule has 4 rings (SSSR count). The Bertz CT molecular complexity index is 1130. The van der Waals surface area contributed by atoms with E-state index in [4.69, 9.17) is 0 Å². The fraction of sp³-hybridized carbons (Fsp3) is 0.261. The second kappa shape index (κ2) is 8.57. The smallest absolute Gasteiger partial charge is 0.183 e. The summed E-state index contributed by atoms with van der Waals surface area (Å²) in [5.74, 6) is -0.247. The number of hydrogen-bond donors (Lipinski definition) is 0. The van der Waals surface area contributed by atoms with E-state index in [1.807, 2.05) is 35.1 Å². The van der Waals surface area contributed by atoms with E-state index < -0.39 is 11.6 Å². The summed E-state index contributed by atoms with van der Waals surface area (Å²) in [7, 11) is 0. The van der Waals surface area contributed by atoms with Gasteiger partial charge in [0.15, 0.2) is 23.3 Å². The number of benzene rings is 2. The molecule has 0 amide bonds. The van der Waals surface area contributed by atoms with Crippen LogP contribution in [0.1, 0.15) is 25.2 Å². The molecule has 2 aromatic heterocycles. The van der Waals surface area contributed by atoms with E-state index in [1.165, 1.54) is 16.3 Å². The SMILES string of the molecule is CC(C)Cn1ccc(-c2nc(CCc3ccccc3)nn2-c2ccc(F)c(F)c2)n1. The van der Waals surface area contributed by atoms with E-state index in [1.54, 1.807) is 0 Å². The van der Waals surface area contributed by atoms with Gasteiger partial charge < -0.3 is 0 Å². The maximum absolute atomic E-state index is 13.9. The first-order valence-corrected chi connectivity index (χ1v) is 9.98. The zero-order chi connectivity index (χ0) is 21.1. The maximum Gasteiger partial charge on any atom is 0.183 e. The molecule has 0 aliphatic rings. The normalized spacial score (nSPS) is 11.4. The Balaban J connectivity index is 1.69. The summed E-state index contributed by atoms with van der Waals surface area (Å²) >= 11 is 0. The molecule has 0 saturated carbocycles. The van der Waals surface area contributed by atoms with E-state index >= 15 is 0 Å². The molecule has 30 heavy (non-hydrogen) atoms. The Morgan fingerprint density at radius 2 is 1.70 bits per heavy atom. The van der Waals surface area contributed by atoms with Crippen LogP contribution in [0.15, 0.2) is 60.8 Å². The second-order valence-corrected chi connectivity index (χ2v) is 7.66. The number of nitrogens with zero attached hydrogens (tertiary/aromatic N) is 5. The van der Waals surface area contributed by atoms with E-state index in [2.05, 4.69) is 41.2 Å². The Labute approximate surface area is 174 Å². The molecule has 7 heteroatoms. The lowest BCUT2D eigenvalue weighted by molar-refractivity contribution is 0.484. The van der Waals surface area contributed by atoms with Gasteiger partial charge in [-0.3, -0.25) is 4.68 Å². The minimum Gasteiger partial charge on any atom is -0.272 e. The van der Waals surface area contributed by atoms with Gasteiger partial charge >= 0.3 is 0 Å². The molecule has 0 radical (unpaired) electrons. The summed E-state index contributed by atoms with van der Waals surface area (Å²) in [4.78, 5) is 4.68. The zero-order valence-electron chi connectivity index (χ0n) is 17.0. The highest BCUT2D eigenvalue weighted by Gasteiger charge is 2.17. The minimum atomic E-state index is -0.926. The first-order valence-electron chi connectivity index (χ1n) is 9.98. The van der Waals surface area contributed by atoms with E-state index in [9.17, 15) is 8.78 Å². The lowest BCUT2D eigenvalue weighted by Gasteiger charge is -2.06. The topological polar surface area (TPSA) is 48.5 Å². The highest BCUT2D eigenvalue weighted by atomic mass is 19.2. The van der Waals surface area contributed by atoms with Gasteiger partial charge in [0.1, 0.15) is 5.69 Å². The van der Waals surface area contributed by atoms with Crippen LogP contribution in [0.4, 0.5) is 8.78 Å². The summed E-state index contributed by atoms with van der Waals surface area (Å²) in [6.07, 6.45) is 3.30. The van der Waals surface area contributed by atoms with Gasteiger partial charge in [-0.2, -0.15) is 10.2 Å². The Kier molecular flexibility index (Phi) is 5.70. The second-order valence-electron chi connectivity index (χ2n) is 7.66. The number of aromatic nitrogens is 5. The lowest BCUT2D eigenvalue weighted by atomic mass is 10.1. The molecule has 5 nitrogen and oxygen atoms in total. The molecular weight excluding hydrogens is 384 g/mol. The van der Waals surface area contributed by atoms with Crippen molar-refractivity contribution in [3.63, 3.8) is 0 Å². The van der Waals surface area contributed by atoms with Crippen LogP contribution < -0.4 is 0 Å². The third kappa shape index (κ3) is 4.45. The van der Waals surface area contributed by atoms with Crippen molar-refractivity contribution in [1.29, 1.82) is 0 Å². The zero-order valence-corrected chi connectivity index (χ0v) is 17.0. The minimum absolute atomic E-state index is 0.403. The lowest BCUT2D eigenvalue weighted by Crippen LogP contribution is -2.06. The van der Waals surface area contributed by atoms with Crippen molar-refractivity contribution < 1.29 is 8.78 Å². The van der Waals surface area contributed by atoms with Crippen LogP contribution in [-0.4, -0.2) is 24.5 Å². The van der Waals surface area contributed by atoms with E-state index in [0.29, 0.717) is 35.4 Å². The molecule has 2 heterocycles. The van der Waals surface area contributed by atoms with Crippen LogP contribution in [-0.2, 0) is 19.4 Å². The fourth-order valence-electron chi connectivity index (χ4n) is 3.28. The van der Waals surface area contributed by atoms with Gasteiger partial charge in [-0.15, -0.1) is 0 Å². The van der Waals surface area contributed by atoms with Crippen molar-refractivity contribution >= 4 is 0 Å². The summed E-state index contributed by atoms with van der Waals surface area (Å²) in [5, 5.41) is 9.18. The molecule has 0 saturated heterocycles. The number of aryl methyl sites for hydroxylation is 2. The standard InChI is InChI=1S/C23H23F2N5/c1-16(2)15-29-13-12-21(27-29)23-26-22(11-8-17-6-4-3-5-7-17)28-30(23)18-9-10-19(24)20(25)14-18/h3-7,9-10,12-14,16H,8,11,15H2,1-2H3. The van der Waals surface area contributed by atoms with Crippen LogP contribution in [0.5, 0.6) is 0 Å². The van der Waals surface area contributed by atoms with Crippen LogP contribution >= 0.6 is 0 Å². The quantitative estimate of drug-likeness (QED) is 0.440. The molecule has 0 N–H and O–H groups in total. The molecule has 0 aliphatic carbocycles. The maximum atomic E-state index is 13.9. The largest absolute Gasteiger partial charge is 0.272 e. The van der Waals surface area contributed by atoms with Gasteiger partial charge in [-0.1, -0.05) is 44.2 Å². The molecule has 0 spiro atoms. The average molecular weight is 407 g/mol. The Morgan fingerprint density at radius 3 is 2.43 bits per heavy atom. The van der Waals surface area contributed by atoms with Crippen molar-refractivity contribution in [2.24, 2.45) is 5.92 Å². The van der Waals surface area contributed by atoms with Gasteiger partial charge in [0, 0.05) is 25.2 Å². The molecule has 0 bridgehead atoms. The van der Waals surface area contributed by atoms with Crippen molar-refractivity contribution in [3.05, 3.63) is 83.8 Å². The number of hydrogen-bond acceptors (Lipinski definition) is 3. The molecule has 0 fully saturated rings. The molecule has 4 aromatic rings. The third-order valence-electron chi connectivity index (χ3n) is 4.70. The van der Waals surface area contributed by atoms with E-state index in [0.717, 1.165) is 25.1 Å². The molecule has 2 aromatic carbocycles. The van der Waals surface area contributed by atoms with Gasteiger partial charge in [0.25, 0.3) is 0 Å². The van der Waals surface area contributed by atoms with Crippen molar-refractivity contribution in [2.45, 2.75) is 33.2 Å². The van der Waals surface area contributed by atoms with Crippen LogP contribution in [0, 0.1) is 17.6 Å². The molecule has 0 atom stereocenters. The van der Waals surface area contributed by atoms with Gasteiger partial charge in [-0.05, 0) is 36.1 Å². The fourth-order valence-corrected chi connectivity index (χ4v) is 3.28. The van der Waals surface area contributed by atoms with Gasteiger partial charge in [0.2, 0.25) is 0 Å². The van der Waals surface area contributed by atoms with Crippen LogP contribution in [0.25, 0.3) is 17.2 Å². The summed E-state index contributed by atoms with van der Waals surface area (Å²) in [6, 6.07) is 15.7. The number of halogens is 2. The summed E-state index contributed by atoms with van der Waals surface area (Å²) in [5.41, 5.74) is 2.23. The van der Waals surface area contributed by atoms with E-state index in [-0.39, 0.29) is 0 Å². The first kappa shape index (κ1) is 19.9. The average Bonchev–Trinajstić information content (AvgIpc) is 3.36. The molecular formula is C23H23F2N5. The molecule has 0 aliphatic heterocycles. The molecule has 0 unspecified atom stereocenters. The highest BCUT2D eigenvalue weighted by Crippen LogP contribution is 2.22. The predicted molar refractivity (Wildman–Crippen MR) is 111 cm³/mol. The van der Waals surface area contributed by atoms with Crippen LogP contribution in [0.3, 0.4) is 0 Å². The predicted octanol–water partition coefficient (Wildman–Crippen LogP) is 4.85. The van der Waals surface area contributed by atoms with Crippen LogP contribution in [0.2, 0.25) is 0 Å². The Morgan fingerprint density at radius 1 is 0.900 bits per heavy atom. The van der Waals surface area contributed by atoms with Gasteiger partial charge in [-0.25, -0.2) is 18.4 Å². The Hall–Kier alpha value is -3.35. The van der Waals surface area contributed by atoms with Gasteiger partial charge in [0.05, 0.1) is 5.69 Å². The highest BCUT2D eigenvalue weighted by molar-refractivity contribution is 5.53. The third-order valence-corrected chi connectivity index (χ3v) is 4.70. The summed E-state index contributed by atoms with van der Waals surface area (Å²) < 4.78 is 30.7.